The highest BCUT2D eigenvalue weighted by Gasteiger charge is 2.09. The Morgan fingerprint density at radius 2 is 2.20 bits per heavy atom. The number of carbonyl (C=O) groups excluding carboxylic acids is 1. The van der Waals surface area contributed by atoms with Crippen molar-refractivity contribution in [3.05, 3.63) is 29.7 Å². The summed E-state index contributed by atoms with van der Waals surface area (Å²) in [5, 5.41) is 0.770. The molecule has 1 aromatic carbocycles. The fourth-order valence-corrected chi connectivity index (χ4v) is 1.79. The fourth-order valence-electron chi connectivity index (χ4n) is 1.79. The largest absolute Gasteiger partial charge is 0.348 e. The van der Waals surface area contributed by atoms with Gasteiger partial charge < -0.3 is 4.57 Å². The number of fused-ring (bicyclic) bond motifs is 1. The number of halogens is 1. The molecule has 76 valence electrons. The SMILES string of the molecule is Cc1cn(C)c2c(F)cc(N=C=O)cc12. The van der Waals surface area contributed by atoms with E-state index in [9.17, 15) is 9.18 Å². The lowest BCUT2D eigenvalue weighted by Gasteiger charge is -1.99. The predicted molar refractivity (Wildman–Crippen MR) is 55.4 cm³/mol. The van der Waals surface area contributed by atoms with E-state index < -0.39 is 0 Å². The van der Waals surface area contributed by atoms with E-state index in [2.05, 4.69) is 4.99 Å². The fraction of sp³-hybridized carbons (Fsp3) is 0.182. The molecule has 0 atom stereocenters. The van der Waals surface area contributed by atoms with Crippen LogP contribution in [0.25, 0.3) is 10.9 Å². The van der Waals surface area contributed by atoms with E-state index in [0.29, 0.717) is 11.2 Å². The van der Waals surface area contributed by atoms with Crippen LogP contribution >= 0.6 is 0 Å². The van der Waals surface area contributed by atoms with Gasteiger partial charge in [-0.15, -0.1) is 0 Å². The van der Waals surface area contributed by atoms with Gasteiger partial charge in [-0.1, -0.05) is 0 Å². The van der Waals surface area contributed by atoms with E-state index in [0.717, 1.165) is 10.9 Å². The van der Waals surface area contributed by atoms with E-state index in [1.54, 1.807) is 17.7 Å². The van der Waals surface area contributed by atoms with Crippen molar-refractivity contribution in [3.63, 3.8) is 0 Å². The number of nitrogens with zero attached hydrogens (tertiary/aromatic N) is 2. The Hall–Kier alpha value is -1.93. The molecule has 0 amide bonds. The maximum atomic E-state index is 13.6. The first-order valence-electron chi connectivity index (χ1n) is 4.46. The Balaban J connectivity index is 2.86. The molecule has 0 saturated carbocycles. The summed E-state index contributed by atoms with van der Waals surface area (Å²) in [4.78, 5) is 13.5. The van der Waals surface area contributed by atoms with Crippen LogP contribution in [-0.4, -0.2) is 10.6 Å². The molecule has 1 aromatic heterocycles. The van der Waals surface area contributed by atoms with Gasteiger partial charge in [0.25, 0.3) is 0 Å². The second-order valence-electron chi connectivity index (χ2n) is 3.45. The van der Waals surface area contributed by atoms with Crippen LogP contribution in [0.5, 0.6) is 0 Å². The summed E-state index contributed by atoms with van der Waals surface area (Å²) in [6.45, 7) is 1.89. The minimum Gasteiger partial charge on any atom is -0.348 e. The Morgan fingerprint density at radius 1 is 1.47 bits per heavy atom. The average molecular weight is 204 g/mol. The highest BCUT2D eigenvalue weighted by molar-refractivity contribution is 5.87. The van der Waals surface area contributed by atoms with Crippen molar-refractivity contribution in [1.82, 2.24) is 4.57 Å². The molecular weight excluding hydrogens is 195 g/mol. The second-order valence-corrected chi connectivity index (χ2v) is 3.45. The third kappa shape index (κ3) is 1.45. The van der Waals surface area contributed by atoms with Crippen LogP contribution in [0.4, 0.5) is 10.1 Å². The van der Waals surface area contributed by atoms with Gasteiger partial charge in [0.2, 0.25) is 6.08 Å². The average Bonchev–Trinajstić information content (AvgIpc) is 2.43. The van der Waals surface area contributed by atoms with Crippen molar-refractivity contribution in [2.24, 2.45) is 12.0 Å². The molecule has 0 saturated heterocycles. The highest BCUT2D eigenvalue weighted by atomic mass is 19.1. The van der Waals surface area contributed by atoms with Crippen molar-refractivity contribution in [2.75, 3.05) is 0 Å². The number of aliphatic imine (C=N–C) groups is 1. The van der Waals surface area contributed by atoms with E-state index in [1.807, 2.05) is 13.1 Å². The van der Waals surface area contributed by atoms with E-state index in [-0.39, 0.29) is 5.82 Å². The molecular formula is C11H9FN2O. The lowest BCUT2D eigenvalue weighted by molar-refractivity contribution is 0.565. The topological polar surface area (TPSA) is 34.4 Å². The predicted octanol–water partition coefficient (Wildman–Crippen LogP) is 2.59. The number of aryl methyl sites for hydroxylation is 2. The first-order chi connectivity index (χ1) is 7.13. The first-order valence-corrected chi connectivity index (χ1v) is 4.46. The number of hydrogen-bond donors (Lipinski definition) is 0. The van der Waals surface area contributed by atoms with Crippen LogP contribution in [0.2, 0.25) is 0 Å². The molecule has 0 spiro atoms. The molecule has 1 heterocycles. The molecule has 15 heavy (non-hydrogen) atoms. The number of hydrogen-bond acceptors (Lipinski definition) is 2. The van der Waals surface area contributed by atoms with Gasteiger partial charge in [-0.25, -0.2) is 9.18 Å². The molecule has 0 unspecified atom stereocenters. The molecule has 0 aliphatic rings. The molecule has 0 radical (unpaired) electrons. The molecule has 0 N–H and O–H groups in total. The number of isocyanates is 1. The molecule has 3 nitrogen and oxygen atoms in total. The summed E-state index contributed by atoms with van der Waals surface area (Å²) in [5.41, 5.74) is 1.77. The Bertz CT molecular complexity index is 580. The molecule has 0 bridgehead atoms. The lowest BCUT2D eigenvalue weighted by atomic mass is 10.1. The summed E-state index contributed by atoms with van der Waals surface area (Å²) < 4.78 is 15.4. The van der Waals surface area contributed by atoms with Gasteiger partial charge in [0.05, 0.1) is 11.2 Å². The summed E-state index contributed by atoms with van der Waals surface area (Å²) in [5.74, 6) is -0.378. The molecule has 4 heteroatoms. The Morgan fingerprint density at radius 3 is 2.87 bits per heavy atom. The third-order valence-corrected chi connectivity index (χ3v) is 2.39. The van der Waals surface area contributed by atoms with Crippen LogP contribution < -0.4 is 0 Å². The number of benzene rings is 1. The van der Waals surface area contributed by atoms with Gasteiger partial charge in [0.1, 0.15) is 5.82 Å². The maximum Gasteiger partial charge on any atom is 0.240 e. The van der Waals surface area contributed by atoms with Crippen molar-refractivity contribution < 1.29 is 9.18 Å². The monoisotopic (exact) mass is 204 g/mol. The zero-order valence-electron chi connectivity index (χ0n) is 8.41. The molecule has 0 aliphatic heterocycles. The zero-order valence-corrected chi connectivity index (χ0v) is 8.41. The van der Waals surface area contributed by atoms with E-state index >= 15 is 0 Å². The van der Waals surface area contributed by atoms with Crippen LogP contribution in [-0.2, 0) is 11.8 Å². The van der Waals surface area contributed by atoms with Crippen molar-refractivity contribution >= 4 is 22.7 Å². The van der Waals surface area contributed by atoms with E-state index in [4.69, 9.17) is 0 Å². The van der Waals surface area contributed by atoms with Crippen LogP contribution in [0.3, 0.4) is 0 Å². The minimum absolute atomic E-state index is 0.296. The zero-order chi connectivity index (χ0) is 11.0. The Labute approximate surface area is 85.8 Å². The standard InChI is InChI=1S/C11H9FN2O/c1-7-5-14(2)11-9(7)3-8(13-6-15)4-10(11)12/h3-5H,1-2H3. The summed E-state index contributed by atoms with van der Waals surface area (Å²) in [6, 6.07) is 2.91. The van der Waals surface area contributed by atoms with Crippen molar-refractivity contribution in [3.8, 4) is 0 Å². The van der Waals surface area contributed by atoms with Crippen LogP contribution in [0.15, 0.2) is 23.3 Å². The summed E-state index contributed by atoms with van der Waals surface area (Å²) in [7, 11) is 1.78. The van der Waals surface area contributed by atoms with Gasteiger partial charge in [-0.05, 0) is 18.6 Å². The van der Waals surface area contributed by atoms with Gasteiger partial charge in [-0.2, -0.15) is 4.99 Å². The molecule has 2 aromatic rings. The van der Waals surface area contributed by atoms with Crippen LogP contribution in [0, 0.1) is 12.7 Å². The quantitative estimate of drug-likeness (QED) is 0.519. The second kappa shape index (κ2) is 3.33. The van der Waals surface area contributed by atoms with Crippen molar-refractivity contribution in [1.29, 1.82) is 0 Å². The number of rotatable bonds is 1. The van der Waals surface area contributed by atoms with Gasteiger partial charge >= 0.3 is 0 Å². The summed E-state index contributed by atoms with van der Waals surface area (Å²) in [6.07, 6.45) is 3.24. The van der Waals surface area contributed by atoms with Crippen molar-refractivity contribution in [2.45, 2.75) is 6.92 Å². The highest BCUT2D eigenvalue weighted by Crippen LogP contribution is 2.27. The first kappa shape index (κ1) is 9.62. The normalized spacial score (nSPS) is 10.3. The van der Waals surface area contributed by atoms with Crippen LogP contribution in [0.1, 0.15) is 5.56 Å². The molecule has 0 aliphatic carbocycles. The molecule has 0 fully saturated rings. The number of aromatic nitrogens is 1. The van der Waals surface area contributed by atoms with Gasteiger partial charge in [-0.3, -0.25) is 0 Å². The lowest BCUT2D eigenvalue weighted by Crippen LogP contribution is -1.87. The molecule has 2 rings (SSSR count). The van der Waals surface area contributed by atoms with E-state index in [1.165, 1.54) is 12.1 Å². The smallest absolute Gasteiger partial charge is 0.240 e. The minimum atomic E-state index is -0.378. The maximum absolute atomic E-state index is 13.6. The Kier molecular flexibility index (Phi) is 2.14. The summed E-state index contributed by atoms with van der Waals surface area (Å²) >= 11 is 0. The third-order valence-electron chi connectivity index (χ3n) is 2.39. The van der Waals surface area contributed by atoms with Gasteiger partial charge in [0.15, 0.2) is 0 Å². The van der Waals surface area contributed by atoms with Gasteiger partial charge in [0, 0.05) is 24.7 Å².